The lowest BCUT2D eigenvalue weighted by atomic mass is 10.1. The second-order valence-electron chi connectivity index (χ2n) is 2.97. The molecule has 0 spiro atoms. The fourth-order valence-electron chi connectivity index (χ4n) is 0.876. The maximum Gasteiger partial charge on any atom is 0.0861 e. The number of aryl methyl sites for hydroxylation is 1. The van der Waals surface area contributed by atoms with E-state index in [2.05, 4.69) is 50.0 Å². The molecule has 0 amide bonds. The van der Waals surface area contributed by atoms with Crippen molar-refractivity contribution in [2.45, 2.75) is 33.8 Å². The van der Waals surface area contributed by atoms with Gasteiger partial charge in [-0.25, -0.2) is 0 Å². The lowest BCUT2D eigenvalue weighted by Gasteiger charge is -1.97. The Morgan fingerprint density at radius 2 is 1.92 bits per heavy atom. The van der Waals surface area contributed by atoms with Gasteiger partial charge < -0.3 is 4.18 Å². The number of hydrogen-bond acceptors (Lipinski definition) is 2. The SMILES string of the molecule is CCC.Cc1cccc(COS)c1. The minimum Gasteiger partial charge on any atom is -0.314 e. The zero-order valence-electron chi connectivity index (χ0n) is 8.58. The van der Waals surface area contributed by atoms with E-state index in [1.54, 1.807) is 0 Å². The summed E-state index contributed by atoms with van der Waals surface area (Å²) in [6.45, 7) is 6.88. The van der Waals surface area contributed by atoms with Crippen LogP contribution in [-0.4, -0.2) is 0 Å². The van der Waals surface area contributed by atoms with Crippen molar-refractivity contribution in [1.29, 1.82) is 0 Å². The van der Waals surface area contributed by atoms with E-state index >= 15 is 0 Å². The Hall–Kier alpha value is -0.470. The Labute approximate surface area is 86.7 Å². The first kappa shape index (κ1) is 12.5. The van der Waals surface area contributed by atoms with Gasteiger partial charge in [-0.15, -0.1) is 0 Å². The van der Waals surface area contributed by atoms with Crippen molar-refractivity contribution in [3.8, 4) is 0 Å². The van der Waals surface area contributed by atoms with Crippen molar-refractivity contribution in [3.05, 3.63) is 35.4 Å². The molecule has 0 aliphatic heterocycles. The third-order valence-corrected chi connectivity index (χ3v) is 1.44. The lowest BCUT2D eigenvalue weighted by Crippen LogP contribution is -1.83. The number of benzene rings is 1. The van der Waals surface area contributed by atoms with E-state index in [0.29, 0.717) is 6.61 Å². The summed E-state index contributed by atoms with van der Waals surface area (Å²) in [5, 5.41) is 0. The Balaban J connectivity index is 0.000000424. The highest BCUT2D eigenvalue weighted by Gasteiger charge is 1.89. The summed E-state index contributed by atoms with van der Waals surface area (Å²) in [5.74, 6) is 0. The zero-order valence-corrected chi connectivity index (χ0v) is 9.47. The summed E-state index contributed by atoms with van der Waals surface area (Å²) in [5.41, 5.74) is 2.41. The molecule has 0 unspecified atom stereocenters. The number of rotatable bonds is 2. The maximum absolute atomic E-state index is 4.68. The van der Waals surface area contributed by atoms with Gasteiger partial charge in [-0.2, -0.15) is 0 Å². The van der Waals surface area contributed by atoms with Crippen molar-refractivity contribution < 1.29 is 4.18 Å². The van der Waals surface area contributed by atoms with Crippen LogP contribution < -0.4 is 0 Å². The molecule has 0 heterocycles. The summed E-state index contributed by atoms with van der Waals surface area (Å²) in [6, 6.07) is 8.17. The van der Waals surface area contributed by atoms with Crippen LogP contribution in [0.5, 0.6) is 0 Å². The van der Waals surface area contributed by atoms with E-state index < -0.39 is 0 Å². The van der Waals surface area contributed by atoms with Crippen LogP contribution >= 0.6 is 12.9 Å². The minimum absolute atomic E-state index is 0.574. The van der Waals surface area contributed by atoms with E-state index in [9.17, 15) is 0 Å². The first-order chi connectivity index (χ1) is 6.24. The van der Waals surface area contributed by atoms with Crippen LogP contribution in [-0.2, 0) is 10.8 Å². The van der Waals surface area contributed by atoms with Gasteiger partial charge in [0.15, 0.2) is 0 Å². The van der Waals surface area contributed by atoms with E-state index in [1.807, 2.05) is 12.1 Å². The van der Waals surface area contributed by atoms with Crippen LogP contribution in [0.3, 0.4) is 0 Å². The van der Waals surface area contributed by atoms with Crippen molar-refractivity contribution in [3.63, 3.8) is 0 Å². The van der Waals surface area contributed by atoms with Crippen LogP contribution in [0, 0.1) is 6.92 Å². The normalized spacial score (nSPS) is 8.92. The molecule has 1 nitrogen and oxygen atoms in total. The number of hydrogen-bond donors (Lipinski definition) is 1. The van der Waals surface area contributed by atoms with E-state index in [4.69, 9.17) is 0 Å². The van der Waals surface area contributed by atoms with E-state index in [-0.39, 0.29) is 0 Å². The Kier molecular flexibility index (Phi) is 7.85. The third kappa shape index (κ3) is 6.67. The predicted octanol–water partition coefficient (Wildman–Crippen LogP) is 3.77. The fourth-order valence-corrected chi connectivity index (χ4v) is 1.03. The average Bonchev–Trinajstić information content (AvgIpc) is 2.06. The van der Waals surface area contributed by atoms with Crippen LogP contribution in [0.15, 0.2) is 24.3 Å². The minimum atomic E-state index is 0.574. The van der Waals surface area contributed by atoms with Crippen LogP contribution in [0.25, 0.3) is 0 Å². The zero-order chi connectivity index (χ0) is 10.1. The molecule has 0 fully saturated rings. The van der Waals surface area contributed by atoms with Gasteiger partial charge in [-0.3, -0.25) is 0 Å². The fraction of sp³-hybridized carbons (Fsp3) is 0.455. The Bertz CT molecular complexity index is 223. The topological polar surface area (TPSA) is 9.23 Å². The number of thiol groups is 1. The van der Waals surface area contributed by atoms with Crippen molar-refractivity contribution in [2.24, 2.45) is 0 Å². The Morgan fingerprint density at radius 3 is 2.38 bits per heavy atom. The van der Waals surface area contributed by atoms with Gasteiger partial charge in [0, 0.05) is 0 Å². The average molecular weight is 198 g/mol. The molecular formula is C11H18OS. The quantitative estimate of drug-likeness (QED) is 0.562. The molecule has 1 aromatic rings. The van der Waals surface area contributed by atoms with Crippen molar-refractivity contribution >= 4 is 12.9 Å². The van der Waals surface area contributed by atoms with Crippen molar-refractivity contribution in [1.82, 2.24) is 0 Å². The van der Waals surface area contributed by atoms with Gasteiger partial charge in [0.2, 0.25) is 0 Å². The summed E-state index contributed by atoms with van der Waals surface area (Å²) in [4.78, 5) is 0. The molecule has 13 heavy (non-hydrogen) atoms. The molecule has 0 saturated carbocycles. The molecule has 0 aromatic heterocycles. The largest absolute Gasteiger partial charge is 0.314 e. The summed E-state index contributed by atoms with van der Waals surface area (Å²) in [7, 11) is 0. The monoisotopic (exact) mass is 198 g/mol. The molecule has 2 heteroatoms. The highest BCUT2D eigenvalue weighted by Crippen LogP contribution is 2.05. The lowest BCUT2D eigenvalue weighted by molar-refractivity contribution is 0.372. The maximum atomic E-state index is 4.68. The molecule has 0 saturated heterocycles. The third-order valence-electron chi connectivity index (χ3n) is 1.31. The molecule has 1 aromatic carbocycles. The van der Waals surface area contributed by atoms with Crippen LogP contribution in [0.1, 0.15) is 31.4 Å². The van der Waals surface area contributed by atoms with Crippen molar-refractivity contribution in [2.75, 3.05) is 0 Å². The van der Waals surface area contributed by atoms with Gasteiger partial charge in [0.25, 0.3) is 0 Å². The summed E-state index contributed by atoms with van der Waals surface area (Å²) >= 11 is 3.67. The molecule has 0 radical (unpaired) electrons. The predicted molar refractivity (Wildman–Crippen MR) is 60.9 cm³/mol. The van der Waals surface area contributed by atoms with Gasteiger partial charge in [-0.05, 0) is 25.4 Å². The highest BCUT2D eigenvalue weighted by molar-refractivity contribution is 7.75. The second kappa shape index (κ2) is 8.14. The second-order valence-corrected chi connectivity index (χ2v) is 3.23. The molecule has 0 N–H and O–H groups in total. The van der Waals surface area contributed by atoms with Crippen LogP contribution in [0.2, 0.25) is 0 Å². The molecule has 74 valence electrons. The van der Waals surface area contributed by atoms with Gasteiger partial charge >= 0.3 is 0 Å². The highest BCUT2D eigenvalue weighted by atomic mass is 32.1. The van der Waals surface area contributed by atoms with Crippen LogP contribution in [0.4, 0.5) is 0 Å². The first-order valence-corrected chi connectivity index (χ1v) is 4.93. The smallest absolute Gasteiger partial charge is 0.0861 e. The first-order valence-electron chi connectivity index (χ1n) is 4.56. The van der Waals surface area contributed by atoms with E-state index in [1.165, 1.54) is 12.0 Å². The van der Waals surface area contributed by atoms with E-state index in [0.717, 1.165) is 5.56 Å². The molecule has 1 rings (SSSR count). The van der Waals surface area contributed by atoms with Gasteiger partial charge in [-0.1, -0.05) is 50.1 Å². The molecule has 0 aliphatic rings. The molecule has 0 bridgehead atoms. The standard InChI is InChI=1S/C8H10OS.C3H8/c1-7-3-2-4-8(5-7)6-9-10;1-3-2/h2-5,10H,6H2,1H3;3H2,1-2H3. The Morgan fingerprint density at radius 1 is 1.31 bits per heavy atom. The van der Waals surface area contributed by atoms with Gasteiger partial charge in [0.1, 0.15) is 0 Å². The summed E-state index contributed by atoms with van der Waals surface area (Å²) in [6.07, 6.45) is 1.25. The summed E-state index contributed by atoms with van der Waals surface area (Å²) < 4.78 is 4.68. The molecular weight excluding hydrogens is 180 g/mol. The molecule has 0 aliphatic carbocycles. The van der Waals surface area contributed by atoms with Gasteiger partial charge in [0.05, 0.1) is 6.61 Å². The molecule has 0 atom stereocenters.